The lowest BCUT2D eigenvalue weighted by molar-refractivity contribution is 0.537. The Kier molecular flexibility index (Phi) is 5.34. The lowest BCUT2D eigenvalue weighted by Crippen LogP contribution is -2.20. The first kappa shape index (κ1) is 15.5. The van der Waals surface area contributed by atoms with Crippen LogP contribution in [0.3, 0.4) is 0 Å². The Labute approximate surface area is 126 Å². The first-order valence-electron chi connectivity index (χ1n) is 7.48. The number of halogens is 1. The fourth-order valence-corrected chi connectivity index (χ4v) is 2.49. The molecule has 0 aliphatic rings. The number of rotatable bonds is 6. The van der Waals surface area contributed by atoms with E-state index in [2.05, 4.69) is 48.3 Å². The first-order valence-corrected chi connectivity index (χ1v) is 7.48. The molecule has 0 fully saturated rings. The zero-order chi connectivity index (χ0) is 15.2. The minimum absolute atomic E-state index is 0.209. The second-order valence-corrected chi connectivity index (χ2v) is 5.15. The van der Waals surface area contributed by atoms with Gasteiger partial charge in [0.25, 0.3) is 0 Å². The molecule has 0 aliphatic heterocycles. The van der Waals surface area contributed by atoms with Gasteiger partial charge in [-0.1, -0.05) is 26.0 Å². The van der Waals surface area contributed by atoms with Gasteiger partial charge in [0.2, 0.25) is 0 Å². The highest BCUT2D eigenvalue weighted by molar-refractivity contribution is 5.62. The van der Waals surface area contributed by atoms with E-state index in [1.165, 1.54) is 17.7 Å². The summed E-state index contributed by atoms with van der Waals surface area (Å²) in [7, 11) is 1.99. The van der Waals surface area contributed by atoms with Crippen LogP contribution in [0.5, 0.6) is 0 Å². The number of hydrogen-bond donors (Lipinski definition) is 1. The Balaban J connectivity index is 2.16. The maximum absolute atomic E-state index is 13.0. The van der Waals surface area contributed by atoms with Gasteiger partial charge in [-0.2, -0.15) is 0 Å². The van der Waals surface area contributed by atoms with Crippen molar-refractivity contribution in [3.05, 3.63) is 59.9 Å². The van der Waals surface area contributed by atoms with Gasteiger partial charge >= 0.3 is 0 Å². The summed E-state index contributed by atoms with van der Waals surface area (Å²) in [6, 6.07) is 15.5. The monoisotopic (exact) mass is 286 g/mol. The number of nitrogens with one attached hydrogen (secondary N) is 1. The Morgan fingerprint density at radius 1 is 0.952 bits per heavy atom. The molecule has 0 saturated carbocycles. The average molecular weight is 286 g/mol. The Morgan fingerprint density at radius 2 is 1.48 bits per heavy atom. The smallest absolute Gasteiger partial charge is 0.123 e. The van der Waals surface area contributed by atoms with E-state index >= 15 is 0 Å². The molecule has 0 radical (unpaired) electrons. The van der Waals surface area contributed by atoms with Crippen LogP contribution in [0, 0.1) is 5.82 Å². The molecular formula is C18H23FN2. The molecule has 0 bridgehead atoms. The molecule has 1 atom stereocenters. The van der Waals surface area contributed by atoms with E-state index in [0.717, 1.165) is 24.3 Å². The molecule has 3 heteroatoms. The summed E-state index contributed by atoms with van der Waals surface area (Å²) in [5.74, 6) is -0.209. The maximum Gasteiger partial charge on any atom is 0.123 e. The number of anilines is 2. The van der Waals surface area contributed by atoms with Crippen LogP contribution in [0.2, 0.25) is 0 Å². The highest BCUT2D eigenvalue weighted by atomic mass is 19.1. The Hall–Kier alpha value is -1.87. The summed E-state index contributed by atoms with van der Waals surface area (Å²) < 4.78 is 13.0. The van der Waals surface area contributed by atoms with E-state index in [0.29, 0.717) is 6.04 Å². The molecule has 21 heavy (non-hydrogen) atoms. The van der Waals surface area contributed by atoms with Crippen molar-refractivity contribution in [3.63, 3.8) is 0 Å². The van der Waals surface area contributed by atoms with Gasteiger partial charge in [0.15, 0.2) is 0 Å². The molecule has 0 saturated heterocycles. The topological polar surface area (TPSA) is 15.3 Å². The van der Waals surface area contributed by atoms with Crippen LogP contribution < -0.4 is 10.2 Å². The minimum Gasteiger partial charge on any atom is -0.345 e. The predicted octanol–water partition coefficient (Wildman–Crippen LogP) is 4.65. The van der Waals surface area contributed by atoms with Crippen LogP contribution in [0.25, 0.3) is 0 Å². The molecule has 1 unspecified atom stereocenters. The molecule has 0 amide bonds. The van der Waals surface area contributed by atoms with E-state index in [9.17, 15) is 4.39 Å². The zero-order valence-corrected chi connectivity index (χ0v) is 12.9. The van der Waals surface area contributed by atoms with Gasteiger partial charge < -0.3 is 10.2 Å². The van der Waals surface area contributed by atoms with Crippen LogP contribution in [-0.2, 0) is 0 Å². The summed E-state index contributed by atoms with van der Waals surface area (Å²) in [6.45, 7) is 5.28. The fourth-order valence-electron chi connectivity index (χ4n) is 2.49. The van der Waals surface area contributed by atoms with Crippen molar-refractivity contribution < 1.29 is 4.39 Å². The van der Waals surface area contributed by atoms with Crippen molar-refractivity contribution in [1.29, 1.82) is 0 Å². The van der Waals surface area contributed by atoms with Gasteiger partial charge in [0.1, 0.15) is 5.82 Å². The zero-order valence-electron chi connectivity index (χ0n) is 12.9. The van der Waals surface area contributed by atoms with Gasteiger partial charge in [-0.25, -0.2) is 4.39 Å². The molecule has 0 heterocycles. The lowest BCUT2D eigenvalue weighted by atomic mass is 10.0. The van der Waals surface area contributed by atoms with Crippen LogP contribution in [-0.4, -0.2) is 13.6 Å². The SMILES string of the molecule is CCNC(CC)c1ccc(N(C)c2ccc(F)cc2)cc1. The van der Waals surface area contributed by atoms with Crippen molar-refractivity contribution in [2.24, 2.45) is 0 Å². The van der Waals surface area contributed by atoms with E-state index in [1.807, 2.05) is 7.05 Å². The van der Waals surface area contributed by atoms with Crippen molar-refractivity contribution >= 4 is 11.4 Å². The van der Waals surface area contributed by atoms with Crippen molar-refractivity contribution in [2.45, 2.75) is 26.3 Å². The molecule has 0 aromatic heterocycles. The van der Waals surface area contributed by atoms with Crippen LogP contribution in [0.1, 0.15) is 31.9 Å². The van der Waals surface area contributed by atoms with Gasteiger partial charge in [0.05, 0.1) is 0 Å². The minimum atomic E-state index is -0.209. The average Bonchev–Trinajstić information content (AvgIpc) is 2.53. The van der Waals surface area contributed by atoms with Gasteiger partial charge in [0, 0.05) is 24.5 Å². The normalized spacial score (nSPS) is 12.2. The van der Waals surface area contributed by atoms with Crippen LogP contribution >= 0.6 is 0 Å². The van der Waals surface area contributed by atoms with E-state index in [4.69, 9.17) is 0 Å². The van der Waals surface area contributed by atoms with Crippen LogP contribution in [0.15, 0.2) is 48.5 Å². The van der Waals surface area contributed by atoms with Crippen LogP contribution in [0.4, 0.5) is 15.8 Å². The highest BCUT2D eigenvalue weighted by Gasteiger charge is 2.09. The lowest BCUT2D eigenvalue weighted by Gasteiger charge is -2.21. The molecule has 0 spiro atoms. The van der Waals surface area contributed by atoms with Gasteiger partial charge in [-0.05, 0) is 54.9 Å². The number of benzene rings is 2. The Bertz CT molecular complexity index is 548. The van der Waals surface area contributed by atoms with Crippen molar-refractivity contribution in [2.75, 3.05) is 18.5 Å². The molecule has 1 N–H and O–H groups in total. The van der Waals surface area contributed by atoms with E-state index in [-0.39, 0.29) is 5.82 Å². The highest BCUT2D eigenvalue weighted by Crippen LogP contribution is 2.26. The molecule has 112 valence electrons. The third kappa shape index (κ3) is 3.82. The van der Waals surface area contributed by atoms with Gasteiger partial charge in [-0.3, -0.25) is 0 Å². The quantitative estimate of drug-likeness (QED) is 0.831. The molecule has 2 aromatic rings. The maximum atomic E-state index is 13.0. The summed E-state index contributed by atoms with van der Waals surface area (Å²) in [4.78, 5) is 2.05. The molecule has 0 aliphatic carbocycles. The first-order chi connectivity index (χ1) is 10.2. The van der Waals surface area contributed by atoms with Gasteiger partial charge in [-0.15, -0.1) is 0 Å². The van der Waals surface area contributed by atoms with E-state index < -0.39 is 0 Å². The second-order valence-electron chi connectivity index (χ2n) is 5.15. The second kappa shape index (κ2) is 7.23. The fraction of sp³-hybridized carbons (Fsp3) is 0.333. The summed E-state index contributed by atoms with van der Waals surface area (Å²) in [6.07, 6.45) is 1.07. The molecule has 2 nitrogen and oxygen atoms in total. The van der Waals surface area contributed by atoms with E-state index in [1.54, 1.807) is 12.1 Å². The molecule has 2 rings (SSSR count). The molecular weight excluding hydrogens is 263 g/mol. The molecule has 2 aromatic carbocycles. The summed E-state index contributed by atoms with van der Waals surface area (Å²) >= 11 is 0. The standard InChI is InChI=1S/C18H23FN2/c1-4-18(20-5-2)14-6-10-16(11-7-14)21(3)17-12-8-15(19)9-13-17/h6-13,18,20H,4-5H2,1-3H3. The summed E-state index contributed by atoms with van der Waals surface area (Å²) in [5, 5.41) is 3.48. The summed E-state index contributed by atoms with van der Waals surface area (Å²) in [5.41, 5.74) is 3.37. The number of nitrogens with zero attached hydrogens (tertiary/aromatic N) is 1. The third-order valence-corrected chi connectivity index (χ3v) is 3.76. The number of hydrogen-bond acceptors (Lipinski definition) is 2. The van der Waals surface area contributed by atoms with Crippen molar-refractivity contribution in [1.82, 2.24) is 5.32 Å². The Morgan fingerprint density at radius 3 is 1.95 bits per heavy atom. The third-order valence-electron chi connectivity index (χ3n) is 3.76. The predicted molar refractivity (Wildman–Crippen MR) is 87.6 cm³/mol. The largest absolute Gasteiger partial charge is 0.345 e. The van der Waals surface area contributed by atoms with Crippen molar-refractivity contribution in [3.8, 4) is 0 Å².